The number of amides is 2. The molecule has 2 amide bonds. The van der Waals surface area contributed by atoms with E-state index >= 15 is 0 Å². The number of hydrogen-bond donors (Lipinski definition) is 2. The van der Waals surface area contributed by atoms with Crippen molar-refractivity contribution in [2.24, 2.45) is 11.8 Å². The van der Waals surface area contributed by atoms with Gasteiger partial charge in [0.1, 0.15) is 5.82 Å². The van der Waals surface area contributed by atoms with E-state index in [2.05, 4.69) is 10.6 Å². The second-order valence-electron chi connectivity index (χ2n) is 7.17. The fourth-order valence-corrected chi connectivity index (χ4v) is 3.84. The van der Waals surface area contributed by atoms with Crippen LogP contribution in [0.5, 0.6) is 0 Å². The maximum Gasteiger partial charge on any atom is 0.227 e. The summed E-state index contributed by atoms with van der Waals surface area (Å²) in [6.07, 6.45) is 3.99. The number of anilines is 1. The third-order valence-corrected chi connectivity index (χ3v) is 5.62. The van der Waals surface area contributed by atoms with Gasteiger partial charge in [-0.25, -0.2) is 4.39 Å². The van der Waals surface area contributed by atoms with Gasteiger partial charge >= 0.3 is 0 Å². The van der Waals surface area contributed by atoms with Crippen LogP contribution in [0.3, 0.4) is 0 Å². The molecule has 5 nitrogen and oxygen atoms in total. The summed E-state index contributed by atoms with van der Waals surface area (Å²) in [6, 6.07) is 4.14. The zero-order valence-corrected chi connectivity index (χ0v) is 15.5. The van der Waals surface area contributed by atoms with E-state index < -0.39 is 5.82 Å². The average molecular weight is 382 g/mol. The van der Waals surface area contributed by atoms with Gasteiger partial charge in [0, 0.05) is 31.1 Å². The summed E-state index contributed by atoms with van der Waals surface area (Å²) < 4.78 is 13.2. The highest BCUT2D eigenvalue weighted by atomic mass is 35.5. The molecule has 1 aromatic carbocycles. The number of halogens is 2. The summed E-state index contributed by atoms with van der Waals surface area (Å²) in [5.41, 5.74) is 0.491. The van der Waals surface area contributed by atoms with E-state index in [1.54, 1.807) is 0 Å². The molecule has 2 saturated heterocycles. The topological polar surface area (TPSA) is 61.4 Å². The quantitative estimate of drug-likeness (QED) is 0.824. The largest absolute Gasteiger partial charge is 0.343 e. The van der Waals surface area contributed by atoms with Crippen molar-refractivity contribution in [1.29, 1.82) is 0 Å². The summed E-state index contributed by atoms with van der Waals surface area (Å²) in [5, 5.41) is 6.09. The maximum atomic E-state index is 13.2. The van der Waals surface area contributed by atoms with Gasteiger partial charge in [-0.1, -0.05) is 11.6 Å². The Morgan fingerprint density at radius 1 is 1.27 bits per heavy atom. The van der Waals surface area contributed by atoms with Gasteiger partial charge in [0.2, 0.25) is 11.8 Å². The molecule has 0 spiro atoms. The molecule has 142 valence electrons. The fourth-order valence-electron chi connectivity index (χ4n) is 3.66. The maximum absolute atomic E-state index is 13.2. The third kappa shape index (κ3) is 4.95. The lowest BCUT2D eigenvalue weighted by molar-refractivity contribution is -0.134. The second-order valence-corrected chi connectivity index (χ2v) is 7.58. The highest BCUT2D eigenvalue weighted by molar-refractivity contribution is 6.31. The zero-order chi connectivity index (χ0) is 18.5. The number of nitrogens with zero attached hydrogens (tertiary/aromatic N) is 1. The lowest BCUT2D eigenvalue weighted by atomic mass is 9.95. The van der Waals surface area contributed by atoms with Crippen LogP contribution in [-0.2, 0) is 9.59 Å². The van der Waals surface area contributed by atoms with Gasteiger partial charge in [0.05, 0.1) is 5.02 Å². The van der Waals surface area contributed by atoms with Gasteiger partial charge in [-0.3, -0.25) is 9.59 Å². The molecule has 0 bridgehead atoms. The van der Waals surface area contributed by atoms with Crippen LogP contribution in [0.25, 0.3) is 0 Å². The zero-order valence-electron chi connectivity index (χ0n) is 14.8. The Hall–Kier alpha value is -1.66. The molecule has 2 aliphatic heterocycles. The van der Waals surface area contributed by atoms with Gasteiger partial charge in [-0.05, 0) is 62.9 Å². The van der Waals surface area contributed by atoms with Crippen molar-refractivity contribution in [2.75, 3.05) is 31.5 Å². The lowest BCUT2D eigenvalue weighted by Gasteiger charge is -2.31. The Morgan fingerprint density at radius 3 is 2.69 bits per heavy atom. The van der Waals surface area contributed by atoms with Gasteiger partial charge in [0.15, 0.2) is 0 Å². The molecular formula is C19H25ClFN3O2. The number of nitrogens with one attached hydrogen (secondary N) is 2. The molecular weight excluding hydrogens is 357 g/mol. The normalized spacial score (nSPS) is 21.0. The van der Waals surface area contributed by atoms with E-state index in [0.29, 0.717) is 44.0 Å². The van der Waals surface area contributed by atoms with Gasteiger partial charge in [-0.15, -0.1) is 0 Å². The molecule has 26 heavy (non-hydrogen) atoms. The molecule has 1 aromatic rings. The van der Waals surface area contributed by atoms with Crippen LogP contribution in [0.4, 0.5) is 10.1 Å². The first-order chi connectivity index (χ1) is 12.5. The number of carbonyl (C=O) groups is 2. The highest BCUT2D eigenvalue weighted by Crippen LogP contribution is 2.23. The van der Waals surface area contributed by atoms with Crippen LogP contribution >= 0.6 is 11.6 Å². The summed E-state index contributed by atoms with van der Waals surface area (Å²) in [4.78, 5) is 26.6. The Bertz CT molecular complexity index is 656. The Balaban J connectivity index is 1.42. The fraction of sp³-hybridized carbons (Fsp3) is 0.579. The first-order valence-corrected chi connectivity index (χ1v) is 9.65. The number of rotatable bonds is 5. The number of piperidine rings is 1. The minimum Gasteiger partial charge on any atom is -0.343 e. The highest BCUT2D eigenvalue weighted by Gasteiger charge is 2.28. The number of carbonyl (C=O) groups excluding carboxylic acids is 2. The summed E-state index contributed by atoms with van der Waals surface area (Å²) >= 11 is 5.74. The predicted octanol–water partition coefficient (Wildman–Crippen LogP) is 3.05. The summed E-state index contributed by atoms with van der Waals surface area (Å²) in [6.45, 7) is 3.30. The monoisotopic (exact) mass is 381 g/mol. The molecule has 0 aliphatic carbocycles. The third-order valence-electron chi connectivity index (χ3n) is 5.33. The van der Waals surface area contributed by atoms with Gasteiger partial charge < -0.3 is 15.5 Å². The van der Waals surface area contributed by atoms with Gasteiger partial charge in [-0.2, -0.15) is 0 Å². The number of benzene rings is 1. The van der Waals surface area contributed by atoms with Crippen LogP contribution in [0.2, 0.25) is 5.02 Å². The SMILES string of the molecule is O=C(Nc1ccc(F)c(Cl)c1)C1CCN(C(=O)CCC2CCNC2)CC1. The van der Waals surface area contributed by atoms with Crippen LogP contribution in [-0.4, -0.2) is 42.9 Å². The van der Waals surface area contributed by atoms with E-state index in [-0.39, 0.29) is 22.8 Å². The molecule has 2 heterocycles. The van der Waals surface area contributed by atoms with E-state index in [9.17, 15) is 14.0 Å². The minimum atomic E-state index is -0.509. The summed E-state index contributed by atoms with van der Waals surface area (Å²) in [5.74, 6) is 0.0643. The molecule has 0 saturated carbocycles. The second kappa shape index (κ2) is 8.82. The van der Waals surface area contributed by atoms with E-state index in [1.165, 1.54) is 18.2 Å². The molecule has 0 radical (unpaired) electrons. The van der Waals surface area contributed by atoms with Crippen LogP contribution < -0.4 is 10.6 Å². The van der Waals surface area contributed by atoms with Crippen LogP contribution in [0.1, 0.15) is 32.1 Å². The Morgan fingerprint density at radius 2 is 2.04 bits per heavy atom. The van der Waals surface area contributed by atoms with Crippen molar-refractivity contribution in [3.8, 4) is 0 Å². The van der Waals surface area contributed by atoms with Crippen molar-refractivity contribution < 1.29 is 14.0 Å². The molecule has 2 fully saturated rings. The van der Waals surface area contributed by atoms with Crippen molar-refractivity contribution >= 4 is 29.1 Å². The molecule has 1 atom stereocenters. The first kappa shape index (κ1) is 19.1. The molecule has 3 rings (SSSR count). The Labute approximate surface area is 158 Å². The van der Waals surface area contributed by atoms with Gasteiger partial charge in [0.25, 0.3) is 0 Å². The smallest absolute Gasteiger partial charge is 0.227 e. The van der Waals surface area contributed by atoms with Crippen LogP contribution in [0.15, 0.2) is 18.2 Å². The molecule has 2 N–H and O–H groups in total. The number of hydrogen-bond acceptors (Lipinski definition) is 3. The summed E-state index contributed by atoms with van der Waals surface area (Å²) in [7, 11) is 0. The molecule has 0 aromatic heterocycles. The van der Waals surface area contributed by atoms with E-state index in [4.69, 9.17) is 11.6 Å². The van der Waals surface area contributed by atoms with Crippen LogP contribution in [0, 0.1) is 17.7 Å². The standard InChI is InChI=1S/C19H25ClFN3O2/c20-16-11-15(2-3-17(16)21)23-19(26)14-6-9-24(10-7-14)18(25)4-1-13-5-8-22-12-13/h2-3,11,13-14,22H,1,4-10,12H2,(H,23,26). The van der Waals surface area contributed by atoms with Crippen molar-refractivity contribution in [3.05, 3.63) is 29.0 Å². The average Bonchev–Trinajstić information content (AvgIpc) is 3.16. The molecule has 1 unspecified atom stereocenters. The lowest BCUT2D eigenvalue weighted by Crippen LogP contribution is -2.41. The Kier molecular flexibility index (Phi) is 6.48. The predicted molar refractivity (Wildman–Crippen MR) is 99.6 cm³/mol. The van der Waals surface area contributed by atoms with Crippen molar-refractivity contribution in [3.63, 3.8) is 0 Å². The van der Waals surface area contributed by atoms with Crippen molar-refractivity contribution in [2.45, 2.75) is 32.1 Å². The first-order valence-electron chi connectivity index (χ1n) is 9.27. The van der Waals surface area contributed by atoms with E-state index in [0.717, 1.165) is 25.9 Å². The molecule has 7 heteroatoms. The number of likely N-dealkylation sites (tertiary alicyclic amines) is 1. The van der Waals surface area contributed by atoms with Crippen molar-refractivity contribution in [1.82, 2.24) is 10.2 Å². The molecule has 2 aliphatic rings. The van der Waals surface area contributed by atoms with E-state index in [1.807, 2.05) is 4.90 Å². The minimum absolute atomic E-state index is 0.0133.